The zero-order chi connectivity index (χ0) is 22.0. The zero-order valence-corrected chi connectivity index (χ0v) is 18.0. The maximum Gasteiger partial charge on any atom is 0.271 e. The van der Waals surface area contributed by atoms with Gasteiger partial charge in [-0.2, -0.15) is 0 Å². The number of nitrogens with zero attached hydrogens (tertiary/aromatic N) is 3. The number of benzene rings is 3. The van der Waals surface area contributed by atoms with Crippen molar-refractivity contribution in [3.63, 3.8) is 0 Å². The van der Waals surface area contributed by atoms with E-state index in [0.29, 0.717) is 11.4 Å². The van der Waals surface area contributed by atoms with Gasteiger partial charge in [0.05, 0.1) is 17.1 Å². The Balaban J connectivity index is 2.00. The van der Waals surface area contributed by atoms with Crippen LogP contribution in [-0.4, -0.2) is 20.5 Å². The third kappa shape index (κ3) is 3.98. The SMILES string of the molecule is Cc1ccc(N=Cc2c(O)n(-c3ccccc3)c(=S)n(-c3ccccc3)c2=O)c(C)c1. The van der Waals surface area contributed by atoms with Crippen molar-refractivity contribution >= 4 is 24.1 Å². The molecule has 4 aromatic rings. The zero-order valence-electron chi connectivity index (χ0n) is 17.2. The molecular weight excluding hydrogens is 406 g/mol. The standard InChI is InChI=1S/C25H21N3O2S/c1-17-13-14-22(18(2)15-17)26-16-21-23(29)27(19-9-5-3-6-10-19)25(31)28(24(21)30)20-11-7-4-8-12-20/h3-16,29H,1-2H3. The summed E-state index contributed by atoms with van der Waals surface area (Å²) in [5.74, 6) is -0.248. The molecule has 0 fully saturated rings. The summed E-state index contributed by atoms with van der Waals surface area (Å²) in [7, 11) is 0. The number of hydrogen-bond acceptors (Lipinski definition) is 4. The van der Waals surface area contributed by atoms with Crippen molar-refractivity contribution in [3.8, 4) is 17.3 Å². The minimum atomic E-state index is -0.436. The number of aryl methyl sites for hydroxylation is 2. The first-order valence-corrected chi connectivity index (χ1v) is 10.2. The molecule has 0 atom stereocenters. The number of para-hydroxylation sites is 2. The van der Waals surface area contributed by atoms with Crippen LogP contribution in [0.3, 0.4) is 0 Å². The molecule has 0 bridgehead atoms. The van der Waals surface area contributed by atoms with Gasteiger partial charge in [0.2, 0.25) is 5.88 Å². The van der Waals surface area contributed by atoms with Gasteiger partial charge in [-0.25, -0.2) is 0 Å². The van der Waals surface area contributed by atoms with Crippen molar-refractivity contribution in [1.29, 1.82) is 0 Å². The van der Waals surface area contributed by atoms with E-state index in [1.807, 2.05) is 80.6 Å². The Hall–Kier alpha value is -3.77. The summed E-state index contributed by atoms with van der Waals surface area (Å²) >= 11 is 5.62. The van der Waals surface area contributed by atoms with Crippen LogP contribution in [0.15, 0.2) is 88.6 Å². The number of rotatable bonds is 4. The minimum absolute atomic E-state index is 0.0567. The lowest BCUT2D eigenvalue weighted by Crippen LogP contribution is -2.27. The topological polar surface area (TPSA) is 59.5 Å². The van der Waals surface area contributed by atoms with Crippen LogP contribution in [-0.2, 0) is 0 Å². The predicted molar refractivity (Wildman–Crippen MR) is 127 cm³/mol. The van der Waals surface area contributed by atoms with Gasteiger partial charge in [0.15, 0.2) is 4.77 Å². The summed E-state index contributed by atoms with van der Waals surface area (Å²) in [5.41, 5.74) is 3.72. The second-order valence-electron chi connectivity index (χ2n) is 7.22. The molecule has 0 unspecified atom stereocenters. The lowest BCUT2D eigenvalue weighted by atomic mass is 10.1. The normalized spacial score (nSPS) is 11.2. The summed E-state index contributed by atoms with van der Waals surface area (Å²) in [6, 6.07) is 24.2. The summed E-state index contributed by atoms with van der Waals surface area (Å²) in [6.45, 7) is 3.97. The van der Waals surface area contributed by atoms with Gasteiger partial charge in [0.1, 0.15) is 5.56 Å². The van der Waals surface area contributed by atoms with E-state index >= 15 is 0 Å². The fraction of sp³-hybridized carbons (Fsp3) is 0.0800. The molecule has 5 nitrogen and oxygen atoms in total. The minimum Gasteiger partial charge on any atom is -0.494 e. The molecule has 6 heteroatoms. The Labute approximate surface area is 185 Å². The van der Waals surface area contributed by atoms with Crippen molar-refractivity contribution in [3.05, 3.63) is 111 Å². The van der Waals surface area contributed by atoms with E-state index in [-0.39, 0.29) is 16.2 Å². The lowest BCUT2D eigenvalue weighted by Gasteiger charge is -2.16. The first kappa shape index (κ1) is 20.5. The van der Waals surface area contributed by atoms with E-state index in [9.17, 15) is 9.90 Å². The fourth-order valence-corrected chi connectivity index (χ4v) is 3.81. The quantitative estimate of drug-likeness (QED) is 0.349. The van der Waals surface area contributed by atoms with Gasteiger partial charge in [0.25, 0.3) is 5.56 Å². The highest BCUT2D eigenvalue weighted by atomic mass is 32.1. The molecule has 0 saturated heterocycles. The Morgan fingerprint density at radius 1 is 0.871 bits per heavy atom. The van der Waals surface area contributed by atoms with Gasteiger partial charge >= 0.3 is 0 Å². The summed E-state index contributed by atoms with van der Waals surface area (Å²) in [4.78, 5) is 17.9. The molecule has 3 aromatic carbocycles. The van der Waals surface area contributed by atoms with Crippen molar-refractivity contribution < 1.29 is 5.11 Å². The number of aromatic nitrogens is 2. The summed E-state index contributed by atoms with van der Waals surface area (Å²) in [6.07, 6.45) is 1.41. The second kappa shape index (κ2) is 8.53. The highest BCUT2D eigenvalue weighted by Crippen LogP contribution is 2.23. The van der Waals surface area contributed by atoms with Crippen molar-refractivity contribution in [2.75, 3.05) is 0 Å². The average molecular weight is 428 g/mol. The molecular formula is C25H21N3O2S. The van der Waals surface area contributed by atoms with E-state index in [4.69, 9.17) is 12.2 Å². The Bertz CT molecular complexity index is 1390. The van der Waals surface area contributed by atoms with Crippen LogP contribution in [0.2, 0.25) is 0 Å². The van der Waals surface area contributed by atoms with E-state index in [1.54, 1.807) is 12.1 Å². The first-order chi connectivity index (χ1) is 15.0. The van der Waals surface area contributed by atoms with Gasteiger partial charge in [0, 0.05) is 6.21 Å². The van der Waals surface area contributed by atoms with Crippen molar-refractivity contribution in [2.45, 2.75) is 13.8 Å². The second-order valence-corrected chi connectivity index (χ2v) is 7.58. The maximum atomic E-state index is 13.4. The third-order valence-corrected chi connectivity index (χ3v) is 5.35. The molecule has 1 aromatic heterocycles. The van der Waals surface area contributed by atoms with Crippen molar-refractivity contribution in [1.82, 2.24) is 9.13 Å². The summed E-state index contributed by atoms with van der Waals surface area (Å²) in [5, 5.41) is 11.1. The largest absolute Gasteiger partial charge is 0.494 e. The molecule has 1 N–H and O–H groups in total. The Morgan fingerprint density at radius 3 is 2.03 bits per heavy atom. The van der Waals surface area contributed by atoms with Crippen LogP contribution >= 0.6 is 12.2 Å². The van der Waals surface area contributed by atoms with E-state index < -0.39 is 5.56 Å². The average Bonchev–Trinajstić information content (AvgIpc) is 2.76. The van der Waals surface area contributed by atoms with Crippen molar-refractivity contribution in [2.24, 2.45) is 4.99 Å². The monoisotopic (exact) mass is 427 g/mol. The van der Waals surface area contributed by atoms with E-state index in [0.717, 1.165) is 16.8 Å². The molecule has 31 heavy (non-hydrogen) atoms. The lowest BCUT2D eigenvalue weighted by molar-refractivity contribution is 0.430. The van der Waals surface area contributed by atoms with Crippen LogP contribution in [0.25, 0.3) is 11.4 Å². The molecule has 0 aliphatic rings. The molecule has 0 saturated carbocycles. The molecule has 0 radical (unpaired) electrons. The molecule has 1 heterocycles. The van der Waals surface area contributed by atoms with Crippen LogP contribution in [0.4, 0.5) is 5.69 Å². The predicted octanol–water partition coefficient (Wildman–Crippen LogP) is 5.43. The number of hydrogen-bond donors (Lipinski definition) is 1. The molecule has 154 valence electrons. The van der Waals surface area contributed by atoms with Gasteiger partial charge in [-0.1, -0.05) is 54.1 Å². The first-order valence-electron chi connectivity index (χ1n) is 9.80. The number of aromatic hydroxyl groups is 1. The van der Waals surface area contributed by atoms with Crippen LogP contribution in [0.1, 0.15) is 16.7 Å². The maximum absolute atomic E-state index is 13.4. The van der Waals surface area contributed by atoms with Crippen LogP contribution in [0, 0.1) is 18.6 Å². The summed E-state index contributed by atoms with van der Waals surface area (Å²) < 4.78 is 3.06. The van der Waals surface area contributed by atoms with Gasteiger partial charge in [-0.05, 0) is 62.0 Å². The highest BCUT2D eigenvalue weighted by Gasteiger charge is 2.18. The van der Waals surface area contributed by atoms with E-state index in [1.165, 1.54) is 15.3 Å². The van der Waals surface area contributed by atoms with Crippen LogP contribution < -0.4 is 5.56 Å². The van der Waals surface area contributed by atoms with Gasteiger partial charge in [-0.15, -0.1) is 0 Å². The van der Waals surface area contributed by atoms with Gasteiger partial charge < -0.3 is 5.11 Å². The third-order valence-electron chi connectivity index (χ3n) is 4.98. The molecule has 4 rings (SSSR count). The Morgan fingerprint density at radius 2 is 1.45 bits per heavy atom. The molecule has 0 amide bonds. The molecule has 0 spiro atoms. The number of aliphatic imine (C=N–C) groups is 1. The van der Waals surface area contributed by atoms with Gasteiger partial charge in [-0.3, -0.25) is 18.9 Å². The van der Waals surface area contributed by atoms with E-state index in [2.05, 4.69) is 4.99 Å². The smallest absolute Gasteiger partial charge is 0.271 e. The molecule has 0 aliphatic heterocycles. The van der Waals surface area contributed by atoms with Crippen LogP contribution in [0.5, 0.6) is 5.88 Å². The highest BCUT2D eigenvalue weighted by molar-refractivity contribution is 7.71. The fourth-order valence-electron chi connectivity index (χ4n) is 3.43. The Kier molecular flexibility index (Phi) is 5.64. The molecule has 0 aliphatic carbocycles.